The Morgan fingerprint density at radius 2 is 1.42 bits per heavy atom. The van der Waals surface area contributed by atoms with E-state index in [-0.39, 0.29) is 7.69 Å². The minimum Gasteiger partial charge on any atom is -0.503 e. The Morgan fingerprint density at radius 3 is 1.67 bits per heavy atom. The highest BCUT2D eigenvalue weighted by atomic mass is 19.1. The number of hydrogen-bond acceptors (Lipinski definition) is 3. The molecule has 0 saturated heterocycles. The molecule has 0 aliphatic carbocycles. The number of rotatable bonds is 0. The molecule has 65 valence electrons. The lowest BCUT2D eigenvalue weighted by Crippen LogP contribution is -1.78. The Kier molecular flexibility index (Phi) is 4.99. The fraction of sp³-hybridized carbons (Fsp3) is 0. The zero-order valence-corrected chi connectivity index (χ0v) is 5.91. The summed E-state index contributed by atoms with van der Waals surface area (Å²) in [6.07, 6.45) is 0. The molecule has 0 aliphatic rings. The minimum absolute atomic E-state index is 0. The van der Waals surface area contributed by atoms with Crippen LogP contribution >= 0.6 is 0 Å². The summed E-state index contributed by atoms with van der Waals surface area (Å²) in [5.74, 6) is -2.79. The third-order valence-corrected chi connectivity index (χ3v) is 0.938. The number of halogens is 2. The molecular formula is C6H6BF2O3. The number of benzene rings is 1. The number of aromatic hydroxyl groups is 1. The topological polar surface area (TPSA) is 60.7 Å². The third kappa shape index (κ3) is 3.31. The molecule has 1 aromatic carbocycles. The van der Waals surface area contributed by atoms with Crippen LogP contribution in [0, 0.1) is 11.6 Å². The van der Waals surface area contributed by atoms with Gasteiger partial charge in [0.05, 0.1) is 0 Å². The van der Waals surface area contributed by atoms with E-state index in [1.165, 1.54) is 6.07 Å². The second kappa shape index (κ2) is 5.51. The summed E-state index contributed by atoms with van der Waals surface area (Å²) >= 11 is 0. The summed E-state index contributed by atoms with van der Waals surface area (Å²) < 4.78 is 24.2. The molecule has 1 rings (SSSR count). The molecule has 0 heterocycles. The van der Waals surface area contributed by atoms with Crippen LogP contribution in [0.5, 0.6) is 5.75 Å². The van der Waals surface area contributed by atoms with Crippen molar-refractivity contribution in [2.45, 2.75) is 0 Å². The molecule has 0 aromatic heterocycles. The SMILES string of the molecule is O[B]O.Oc1c(F)cccc1F. The lowest BCUT2D eigenvalue weighted by atomic mass is 10.3. The van der Waals surface area contributed by atoms with Gasteiger partial charge in [-0.15, -0.1) is 0 Å². The van der Waals surface area contributed by atoms with Gasteiger partial charge in [-0.05, 0) is 12.1 Å². The summed E-state index contributed by atoms with van der Waals surface area (Å²) in [5, 5.41) is 22.5. The van der Waals surface area contributed by atoms with E-state index >= 15 is 0 Å². The summed E-state index contributed by atoms with van der Waals surface area (Å²) in [6.45, 7) is 0. The number of phenolic OH excluding ortho intramolecular Hbond substituents is 1. The van der Waals surface area contributed by atoms with Gasteiger partial charge in [-0.2, -0.15) is 0 Å². The molecule has 3 N–H and O–H groups in total. The first-order valence-corrected chi connectivity index (χ1v) is 2.86. The molecule has 0 fully saturated rings. The monoisotopic (exact) mass is 175 g/mol. The highest BCUT2D eigenvalue weighted by molar-refractivity contribution is 6.13. The van der Waals surface area contributed by atoms with Crippen LogP contribution in [0.2, 0.25) is 0 Å². The molecular weight excluding hydrogens is 169 g/mol. The van der Waals surface area contributed by atoms with Gasteiger partial charge in [0.2, 0.25) is 0 Å². The molecule has 0 amide bonds. The summed E-state index contributed by atoms with van der Waals surface area (Å²) in [7, 11) is 0. The maximum Gasteiger partial charge on any atom is 0.482 e. The van der Waals surface area contributed by atoms with E-state index < -0.39 is 17.4 Å². The Bertz CT molecular complexity index is 224. The van der Waals surface area contributed by atoms with Crippen molar-refractivity contribution in [2.24, 2.45) is 0 Å². The lowest BCUT2D eigenvalue weighted by Gasteiger charge is -1.92. The average molecular weight is 175 g/mol. The van der Waals surface area contributed by atoms with E-state index in [1.54, 1.807) is 0 Å². The first-order chi connectivity index (χ1) is 5.63. The number of hydrogen-bond donors (Lipinski definition) is 3. The van der Waals surface area contributed by atoms with Crippen molar-refractivity contribution in [2.75, 3.05) is 0 Å². The van der Waals surface area contributed by atoms with E-state index in [4.69, 9.17) is 15.2 Å². The molecule has 0 aliphatic heterocycles. The van der Waals surface area contributed by atoms with Crippen molar-refractivity contribution < 1.29 is 23.9 Å². The Labute approximate surface area is 68.2 Å². The zero-order valence-electron chi connectivity index (χ0n) is 5.91. The van der Waals surface area contributed by atoms with Gasteiger partial charge in [0.1, 0.15) is 0 Å². The Balaban J connectivity index is 0.000000354. The van der Waals surface area contributed by atoms with Crippen molar-refractivity contribution in [3.63, 3.8) is 0 Å². The smallest absolute Gasteiger partial charge is 0.482 e. The van der Waals surface area contributed by atoms with E-state index in [1.807, 2.05) is 0 Å². The largest absolute Gasteiger partial charge is 0.503 e. The lowest BCUT2D eigenvalue weighted by molar-refractivity contribution is 0.396. The van der Waals surface area contributed by atoms with Gasteiger partial charge in [-0.25, -0.2) is 8.78 Å². The van der Waals surface area contributed by atoms with E-state index in [0.29, 0.717) is 0 Å². The van der Waals surface area contributed by atoms with Crippen molar-refractivity contribution in [3.8, 4) is 5.75 Å². The fourth-order valence-corrected chi connectivity index (χ4v) is 0.489. The van der Waals surface area contributed by atoms with Gasteiger partial charge in [0.15, 0.2) is 17.4 Å². The minimum atomic E-state index is -0.935. The molecule has 6 heteroatoms. The van der Waals surface area contributed by atoms with E-state index in [0.717, 1.165) is 12.1 Å². The number of phenols is 1. The molecule has 0 atom stereocenters. The normalized spacial score (nSPS) is 8.33. The van der Waals surface area contributed by atoms with Crippen LogP contribution in [0.1, 0.15) is 0 Å². The summed E-state index contributed by atoms with van der Waals surface area (Å²) in [4.78, 5) is 0. The van der Waals surface area contributed by atoms with Crippen LogP contribution in [-0.4, -0.2) is 22.8 Å². The van der Waals surface area contributed by atoms with Gasteiger partial charge in [0, 0.05) is 0 Å². The maximum absolute atomic E-state index is 12.1. The van der Waals surface area contributed by atoms with Gasteiger partial charge >= 0.3 is 7.69 Å². The second-order valence-corrected chi connectivity index (χ2v) is 1.69. The van der Waals surface area contributed by atoms with Crippen LogP contribution in [0.4, 0.5) is 8.78 Å². The molecule has 12 heavy (non-hydrogen) atoms. The molecule has 1 aromatic rings. The second-order valence-electron chi connectivity index (χ2n) is 1.69. The molecule has 0 saturated carbocycles. The summed E-state index contributed by atoms with van der Waals surface area (Å²) in [5.41, 5.74) is 0. The third-order valence-electron chi connectivity index (χ3n) is 0.938. The Hall–Kier alpha value is -1.14. The average Bonchev–Trinajstić information content (AvgIpc) is 2.02. The van der Waals surface area contributed by atoms with E-state index in [9.17, 15) is 8.78 Å². The van der Waals surface area contributed by atoms with Crippen molar-refractivity contribution in [1.29, 1.82) is 0 Å². The first kappa shape index (κ1) is 10.9. The quantitative estimate of drug-likeness (QED) is 0.492. The standard InChI is InChI=1S/C6H4F2O.BH2O2/c7-4-2-1-3-5(8)6(4)9;2-1-3/h1-3,9H;2-3H. The zero-order chi connectivity index (χ0) is 9.56. The molecule has 1 radical (unpaired) electrons. The van der Waals surface area contributed by atoms with E-state index in [2.05, 4.69) is 0 Å². The number of para-hydroxylation sites is 1. The van der Waals surface area contributed by atoms with Crippen LogP contribution in [0.25, 0.3) is 0 Å². The molecule has 3 nitrogen and oxygen atoms in total. The van der Waals surface area contributed by atoms with Gasteiger partial charge in [-0.3, -0.25) is 0 Å². The molecule has 0 bridgehead atoms. The van der Waals surface area contributed by atoms with Crippen molar-refractivity contribution in [1.82, 2.24) is 0 Å². The van der Waals surface area contributed by atoms with Crippen LogP contribution < -0.4 is 0 Å². The maximum atomic E-state index is 12.1. The van der Waals surface area contributed by atoms with Crippen LogP contribution in [0.3, 0.4) is 0 Å². The predicted octanol–water partition coefficient (Wildman–Crippen LogP) is 0.176. The highest BCUT2D eigenvalue weighted by Crippen LogP contribution is 2.17. The van der Waals surface area contributed by atoms with Crippen molar-refractivity contribution >= 4 is 7.69 Å². The van der Waals surface area contributed by atoms with Crippen LogP contribution in [-0.2, 0) is 0 Å². The Morgan fingerprint density at radius 1 is 1.08 bits per heavy atom. The highest BCUT2D eigenvalue weighted by Gasteiger charge is 2.03. The van der Waals surface area contributed by atoms with Crippen LogP contribution in [0.15, 0.2) is 18.2 Å². The fourth-order valence-electron chi connectivity index (χ4n) is 0.489. The predicted molar refractivity (Wildman–Crippen MR) is 38.2 cm³/mol. The first-order valence-electron chi connectivity index (χ1n) is 2.86. The molecule has 0 unspecified atom stereocenters. The van der Waals surface area contributed by atoms with Gasteiger partial charge in [-0.1, -0.05) is 6.07 Å². The van der Waals surface area contributed by atoms with Gasteiger partial charge in [0.25, 0.3) is 0 Å². The van der Waals surface area contributed by atoms with Gasteiger partial charge < -0.3 is 15.2 Å². The molecule has 0 spiro atoms. The summed E-state index contributed by atoms with van der Waals surface area (Å²) in [6, 6.07) is 3.15. The van der Waals surface area contributed by atoms with Crippen molar-refractivity contribution in [3.05, 3.63) is 29.8 Å².